The molecule has 0 spiro atoms. The topological polar surface area (TPSA) is 41.0 Å². The molecule has 1 saturated heterocycles. The molecule has 2 unspecified atom stereocenters. The highest BCUT2D eigenvalue weighted by Gasteiger charge is 2.22. The number of likely N-dealkylation sites (N-methyl/N-ethyl adjacent to an activating group) is 1. The maximum atomic E-state index is 4.52. The first kappa shape index (κ1) is 14.4. The number of rotatable bonds is 5. The lowest BCUT2D eigenvalue weighted by Gasteiger charge is -2.33. The molecule has 0 aromatic carbocycles. The van der Waals surface area contributed by atoms with Crippen molar-refractivity contribution < 1.29 is 0 Å². The molecular formula is C15H26N4. The Morgan fingerprint density at radius 2 is 2.16 bits per heavy atom. The Balaban J connectivity index is 2.02. The minimum atomic E-state index is 0.336. The number of hydrogen-bond acceptors (Lipinski definition) is 4. The van der Waals surface area contributed by atoms with E-state index in [0.29, 0.717) is 12.1 Å². The number of aryl methyl sites for hydroxylation is 1. The molecule has 106 valence electrons. The van der Waals surface area contributed by atoms with Crippen LogP contribution in [0.2, 0.25) is 0 Å². The molecule has 1 aromatic heterocycles. The lowest BCUT2D eigenvalue weighted by Crippen LogP contribution is -2.44. The van der Waals surface area contributed by atoms with E-state index in [1.54, 1.807) is 12.4 Å². The molecule has 1 aliphatic rings. The number of aromatic nitrogens is 2. The molecule has 0 saturated carbocycles. The standard InChI is InChI=1S/C15H26N4/c1-4-19(11-14-7-5-6-8-17-14)13(3)15-12(2)16-9-10-18-15/h9-10,13-14,17H,4-8,11H2,1-3H3. The van der Waals surface area contributed by atoms with Crippen molar-refractivity contribution >= 4 is 0 Å². The molecule has 2 atom stereocenters. The van der Waals surface area contributed by atoms with E-state index >= 15 is 0 Å². The van der Waals surface area contributed by atoms with Gasteiger partial charge in [-0.05, 0) is 39.8 Å². The van der Waals surface area contributed by atoms with Gasteiger partial charge < -0.3 is 5.32 Å². The van der Waals surface area contributed by atoms with E-state index in [9.17, 15) is 0 Å². The van der Waals surface area contributed by atoms with E-state index in [4.69, 9.17) is 0 Å². The first-order valence-corrected chi connectivity index (χ1v) is 7.47. The van der Waals surface area contributed by atoms with Crippen molar-refractivity contribution in [3.05, 3.63) is 23.8 Å². The second-order valence-electron chi connectivity index (χ2n) is 5.44. The molecule has 0 amide bonds. The summed E-state index contributed by atoms with van der Waals surface area (Å²) in [5.74, 6) is 0. The quantitative estimate of drug-likeness (QED) is 0.884. The Kier molecular flexibility index (Phi) is 5.28. The highest BCUT2D eigenvalue weighted by atomic mass is 15.2. The van der Waals surface area contributed by atoms with Gasteiger partial charge in [0.25, 0.3) is 0 Å². The van der Waals surface area contributed by atoms with Gasteiger partial charge >= 0.3 is 0 Å². The lowest BCUT2D eigenvalue weighted by atomic mass is 10.0. The Morgan fingerprint density at radius 3 is 2.79 bits per heavy atom. The largest absolute Gasteiger partial charge is 0.313 e. The van der Waals surface area contributed by atoms with Gasteiger partial charge in [0, 0.05) is 25.0 Å². The fourth-order valence-corrected chi connectivity index (χ4v) is 2.93. The van der Waals surface area contributed by atoms with Crippen LogP contribution in [0, 0.1) is 6.92 Å². The molecule has 0 radical (unpaired) electrons. The summed E-state index contributed by atoms with van der Waals surface area (Å²) in [5.41, 5.74) is 2.16. The first-order valence-electron chi connectivity index (χ1n) is 7.47. The van der Waals surface area contributed by atoms with Gasteiger partial charge in [-0.3, -0.25) is 14.9 Å². The zero-order chi connectivity index (χ0) is 13.7. The molecular weight excluding hydrogens is 236 g/mol. The number of hydrogen-bond donors (Lipinski definition) is 1. The summed E-state index contributed by atoms with van der Waals surface area (Å²) in [6.07, 6.45) is 7.54. The number of nitrogens with one attached hydrogen (secondary N) is 1. The zero-order valence-corrected chi connectivity index (χ0v) is 12.4. The Labute approximate surface area is 116 Å². The maximum absolute atomic E-state index is 4.52. The average Bonchev–Trinajstić information content (AvgIpc) is 2.46. The maximum Gasteiger partial charge on any atom is 0.0784 e. The molecule has 0 aliphatic carbocycles. The Morgan fingerprint density at radius 1 is 1.37 bits per heavy atom. The minimum absolute atomic E-state index is 0.336. The van der Waals surface area contributed by atoms with Crippen molar-refractivity contribution in [1.29, 1.82) is 0 Å². The van der Waals surface area contributed by atoms with Crippen molar-refractivity contribution in [2.24, 2.45) is 0 Å². The van der Waals surface area contributed by atoms with E-state index in [0.717, 1.165) is 24.5 Å². The predicted octanol–water partition coefficient (Wildman–Crippen LogP) is 2.31. The van der Waals surface area contributed by atoms with Crippen molar-refractivity contribution in [2.45, 2.75) is 52.1 Å². The third-order valence-electron chi connectivity index (χ3n) is 4.14. The minimum Gasteiger partial charge on any atom is -0.313 e. The van der Waals surface area contributed by atoms with Gasteiger partial charge in [0.15, 0.2) is 0 Å². The third kappa shape index (κ3) is 3.74. The van der Waals surface area contributed by atoms with Gasteiger partial charge in [-0.25, -0.2) is 0 Å². The molecule has 19 heavy (non-hydrogen) atoms. The van der Waals surface area contributed by atoms with Crippen LogP contribution in [0.3, 0.4) is 0 Å². The van der Waals surface area contributed by atoms with Crippen LogP contribution in [0.15, 0.2) is 12.4 Å². The van der Waals surface area contributed by atoms with Gasteiger partial charge in [0.2, 0.25) is 0 Å². The summed E-state index contributed by atoms with van der Waals surface area (Å²) in [6, 6.07) is 0.968. The predicted molar refractivity (Wildman–Crippen MR) is 78.1 cm³/mol. The highest BCUT2D eigenvalue weighted by Crippen LogP contribution is 2.21. The fourth-order valence-electron chi connectivity index (χ4n) is 2.93. The second kappa shape index (κ2) is 6.96. The average molecular weight is 262 g/mol. The van der Waals surface area contributed by atoms with Crippen molar-refractivity contribution in [3.8, 4) is 0 Å². The van der Waals surface area contributed by atoms with Gasteiger partial charge in [0.1, 0.15) is 0 Å². The number of nitrogens with zero attached hydrogens (tertiary/aromatic N) is 3. The van der Waals surface area contributed by atoms with Crippen molar-refractivity contribution in [2.75, 3.05) is 19.6 Å². The van der Waals surface area contributed by atoms with E-state index < -0.39 is 0 Å². The van der Waals surface area contributed by atoms with Gasteiger partial charge in [-0.1, -0.05) is 13.3 Å². The monoisotopic (exact) mass is 262 g/mol. The summed E-state index contributed by atoms with van der Waals surface area (Å²) >= 11 is 0. The van der Waals surface area contributed by atoms with E-state index in [2.05, 4.69) is 34.0 Å². The van der Waals surface area contributed by atoms with Gasteiger partial charge in [-0.2, -0.15) is 0 Å². The van der Waals surface area contributed by atoms with E-state index in [-0.39, 0.29) is 0 Å². The summed E-state index contributed by atoms with van der Waals surface area (Å²) in [4.78, 5) is 11.4. The lowest BCUT2D eigenvalue weighted by molar-refractivity contribution is 0.181. The van der Waals surface area contributed by atoms with Crippen LogP contribution in [-0.2, 0) is 0 Å². The van der Waals surface area contributed by atoms with Crippen molar-refractivity contribution in [3.63, 3.8) is 0 Å². The third-order valence-corrected chi connectivity index (χ3v) is 4.14. The van der Waals surface area contributed by atoms with E-state index in [1.807, 2.05) is 6.92 Å². The Hall–Kier alpha value is -1.00. The van der Waals surface area contributed by atoms with Gasteiger partial charge in [0.05, 0.1) is 17.4 Å². The molecule has 4 nitrogen and oxygen atoms in total. The second-order valence-corrected chi connectivity index (χ2v) is 5.44. The molecule has 1 aliphatic heterocycles. The summed E-state index contributed by atoms with van der Waals surface area (Å²) in [5, 5.41) is 3.63. The first-order chi connectivity index (χ1) is 9.22. The van der Waals surface area contributed by atoms with Crippen LogP contribution >= 0.6 is 0 Å². The molecule has 1 fully saturated rings. The Bertz CT molecular complexity index is 387. The normalized spacial score (nSPS) is 21.6. The van der Waals surface area contributed by atoms with Crippen LogP contribution in [0.25, 0.3) is 0 Å². The molecule has 1 N–H and O–H groups in total. The molecule has 2 heterocycles. The van der Waals surface area contributed by atoms with Crippen LogP contribution in [0.4, 0.5) is 0 Å². The van der Waals surface area contributed by atoms with Gasteiger partial charge in [-0.15, -0.1) is 0 Å². The SMILES string of the molecule is CCN(CC1CCCCN1)C(C)c1nccnc1C. The molecule has 0 bridgehead atoms. The fraction of sp³-hybridized carbons (Fsp3) is 0.733. The van der Waals surface area contributed by atoms with Crippen LogP contribution < -0.4 is 5.32 Å². The summed E-state index contributed by atoms with van der Waals surface area (Å²) < 4.78 is 0. The van der Waals surface area contributed by atoms with Crippen molar-refractivity contribution in [1.82, 2.24) is 20.2 Å². The zero-order valence-electron chi connectivity index (χ0n) is 12.4. The van der Waals surface area contributed by atoms with E-state index in [1.165, 1.54) is 25.8 Å². The number of piperidine rings is 1. The van der Waals surface area contributed by atoms with Crippen LogP contribution in [0.1, 0.15) is 50.5 Å². The van der Waals surface area contributed by atoms with Crippen LogP contribution in [-0.4, -0.2) is 40.5 Å². The summed E-state index contributed by atoms with van der Waals surface area (Å²) in [6.45, 7) is 9.84. The molecule has 2 rings (SSSR count). The highest BCUT2D eigenvalue weighted by molar-refractivity contribution is 5.12. The molecule has 4 heteroatoms. The summed E-state index contributed by atoms with van der Waals surface area (Å²) in [7, 11) is 0. The van der Waals surface area contributed by atoms with Crippen LogP contribution in [0.5, 0.6) is 0 Å². The smallest absolute Gasteiger partial charge is 0.0784 e. The molecule has 1 aromatic rings.